The van der Waals surface area contributed by atoms with Gasteiger partial charge in [-0.2, -0.15) is 4.98 Å². The molecule has 1 aromatic carbocycles. The highest BCUT2D eigenvalue weighted by molar-refractivity contribution is 5.77. The molecule has 0 bridgehead atoms. The smallest absolute Gasteiger partial charge is 0.312 e. The number of aromatic nitrogens is 4. The lowest BCUT2D eigenvalue weighted by atomic mass is 10.1. The lowest BCUT2D eigenvalue weighted by Crippen LogP contribution is -2.41. The van der Waals surface area contributed by atoms with Crippen LogP contribution in [0.1, 0.15) is 26.3 Å². The van der Waals surface area contributed by atoms with Crippen molar-refractivity contribution < 1.29 is 0 Å². The van der Waals surface area contributed by atoms with E-state index in [9.17, 15) is 9.59 Å². The molecule has 0 saturated heterocycles. The summed E-state index contributed by atoms with van der Waals surface area (Å²) in [6, 6.07) is 8.28. The third kappa shape index (κ3) is 2.85. The van der Waals surface area contributed by atoms with Crippen molar-refractivity contribution in [1.82, 2.24) is 18.7 Å². The van der Waals surface area contributed by atoms with Gasteiger partial charge in [-0.1, -0.05) is 32.9 Å². The van der Waals surface area contributed by atoms with E-state index in [-0.39, 0.29) is 17.2 Å². The molecule has 1 aliphatic rings. The molecule has 1 unspecified atom stereocenters. The minimum atomic E-state index is -0.309. The van der Waals surface area contributed by atoms with Crippen LogP contribution in [0.25, 0.3) is 11.2 Å². The Kier molecular flexibility index (Phi) is 4.40. The van der Waals surface area contributed by atoms with Crippen LogP contribution in [0, 0.1) is 18.8 Å². The molecule has 0 N–H and O–H groups in total. The van der Waals surface area contributed by atoms with E-state index in [1.54, 1.807) is 7.05 Å². The summed E-state index contributed by atoms with van der Waals surface area (Å²) in [5, 5.41) is 0. The molecule has 7 heteroatoms. The quantitative estimate of drug-likeness (QED) is 0.700. The second-order valence-electron chi connectivity index (χ2n) is 8.40. The van der Waals surface area contributed by atoms with Gasteiger partial charge >= 0.3 is 5.69 Å². The Hall–Kier alpha value is -2.83. The Morgan fingerprint density at radius 3 is 2.64 bits per heavy atom. The van der Waals surface area contributed by atoms with Crippen LogP contribution in [0.3, 0.4) is 0 Å². The summed E-state index contributed by atoms with van der Waals surface area (Å²) in [7, 11) is 1.69. The summed E-state index contributed by atoms with van der Waals surface area (Å²) in [4.78, 5) is 32.9. The van der Waals surface area contributed by atoms with Crippen LogP contribution in [-0.4, -0.2) is 25.2 Å². The van der Waals surface area contributed by atoms with Gasteiger partial charge in [0.25, 0.3) is 5.56 Å². The minimum absolute atomic E-state index is 0.203. The normalized spacial score (nSPS) is 16.8. The first-order valence-electron chi connectivity index (χ1n) is 9.82. The molecule has 0 spiro atoms. The van der Waals surface area contributed by atoms with Crippen molar-refractivity contribution in [3.8, 4) is 0 Å². The van der Waals surface area contributed by atoms with Crippen LogP contribution in [-0.2, 0) is 20.1 Å². The Morgan fingerprint density at radius 1 is 1.21 bits per heavy atom. The van der Waals surface area contributed by atoms with Crippen molar-refractivity contribution in [3.05, 3.63) is 50.7 Å². The summed E-state index contributed by atoms with van der Waals surface area (Å²) in [6.07, 6.45) is 0. The molecule has 3 heterocycles. The lowest BCUT2D eigenvalue weighted by Gasteiger charge is -2.33. The number of benzene rings is 1. The average Bonchev–Trinajstić information content (AvgIpc) is 3.02. The number of nitrogens with zero attached hydrogens (tertiary/aromatic N) is 5. The number of imidazole rings is 1. The monoisotopic (exact) mass is 381 g/mol. The van der Waals surface area contributed by atoms with Gasteiger partial charge in [0, 0.05) is 32.4 Å². The molecule has 3 aromatic rings. The average molecular weight is 381 g/mol. The van der Waals surface area contributed by atoms with Gasteiger partial charge in [0.05, 0.1) is 0 Å². The van der Waals surface area contributed by atoms with Crippen LogP contribution < -0.4 is 16.1 Å². The number of hydrogen-bond acceptors (Lipinski definition) is 4. The van der Waals surface area contributed by atoms with E-state index in [1.165, 1.54) is 14.7 Å². The first kappa shape index (κ1) is 18.5. The summed E-state index contributed by atoms with van der Waals surface area (Å²) in [5.41, 5.74) is 2.64. The molecule has 1 aliphatic heterocycles. The first-order chi connectivity index (χ1) is 13.3. The Morgan fingerprint density at radius 2 is 1.96 bits per heavy atom. The van der Waals surface area contributed by atoms with Gasteiger partial charge in [-0.3, -0.25) is 13.9 Å². The van der Waals surface area contributed by atoms with Gasteiger partial charge in [-0.05, 0) is 36.5 Å². The van der Waals surface area contributed by atoms with Gasteiger partial charge in [-0.25, -0.2) is 4.79 Å². The van der Waals surface area contributed by atoms with E-state index in [0.29, 0.717) is 30.2 Å². The van der Waals surface area contributed by atoms with Crippen LogP contribution in [0.4, 0.5) is 11.6 Å². The first-order valence-corrected chi connectivity index (χ1v) is 9.82. The maximum Gasteiger partial charge on any atom is 0.332 e. The Balaban J connectivity index is 2.01. The third-order valence-corrected chi connectivity index (χ3v) is 5.30. The number of hydrogen-bond donors (Lipinski definition) is 0. The zero-order chi connectivity index (χ0) is 20.2. The molecule has 4 rings (SSSR count). The van der Waals surface area contributed by atoms with Gasteiger partial charge in [0.2, 0.25) is 5.95 Å². The summed E-state index contributed by atoms with van der Waals surface area (Å²) >= 11 is 0. The minimum Gasteiger partial charge on any atom is -0.312 e. The van der Waals surface area contributed by atoms with Crippen LogP contribution in [0.15, 0.2) is 33.9 Å². The van der Waals surface area contributed by atoms with Crippen molar-refractivity contribution in [1.29, 1.82) is 0 Å². The van der Waals surface area contributed by atoms with E-state index in [1.807, 2.05) is 24.5 Å². The predicted molar refractivity (Wildman–Crippen MR) is 111 cm³/mol. The van der Waals surface area contributed by atoms with E-state index in [2.05, 4.69) is 36.9 Å². The lowest BCUT2D eigenvalue weighted by molar-refractivity contribution is 0.454. The van der Waals surface area contributed by atoms with Crippen LogP contribution in [0.5, 0.6) is 0 Å². The molecule has 0 fully saturated rings. The number of aryl methyl sites for hydroxylation is 2. The highest BCUT2D eigenvalue weighted by Gasteiger charge is 2.29. The Labute approximate surface area is 163 Å². The zero-order valence-electron chi connectivity index (χ0n) is 17.1. The molecule has 0 saturated carbocycles. The number of anilines is 2. The largest absolute Gasteiger partial charge is 0.332 e. The second-order valence-corrected chi connectivity index (χ2v) is 8.40. The van der Waals surface area contributed by atoms with Gasteiger partial charge in [0.1, 0.15) is 0 Å². The van der Waals surface area contributed by atoms with Crippen LogP contribution in [0.2, 0.25) is 0 Å². The van der Waals surface area contributed by atoms with Crippen molar-refractivity contribution in [2.24, 2.45) is 18.9 Å². The molecule has 7 nitrogen and oxygen atoms in total. The van der Waals surface area contributed by atoms with Gasteiger partial charge < -0.3 is 9.47 Å². The molecule has 28 heavy (non-hydrogen) atoms. The van der Waals surface area contributed by atoms with Crippen molar-refractivity contribution >= 4 is 22.8 Å². The summed E-state index contributed by atoms with van der Waals surface area (Å²) < 4.78 is 4.84. The zero-order valence-corrected chi connectivity index (χ0v) is 17.1. The fraction of sp³-hybridized carbons (Fsp3) is 0.476. The van der Waals surface area contributed by atoms with E-state index in [0.717, 1.165) is 18.2 Å². The van der Waals surface area contributed by atoms with Crippen LogP contribution >= 0.6 is 0 Å². The maximum atomic E-state index is 13.2. The standard InChI is InChI=1S/C21H27N5O2/c1-13(2)10-26-19(27)17-18(23(5)21(26)28)22-20-24(11-15(4)12-25(17)20)16-8-6-7-14(3)9-16/h6-9,13,15H,10-12H2,1-5H3. The molecule has 0 aliphatic carbocycles. The predicted octanol–water partition coefficient (Wildman–Crippen LogP) is 2.65. The highest BCUT2D eigenvalue weighted by atomic mass is 16.2. The number of fused-ring (bicyclic) bond motifs is 3. The van der Waals surface area contributed by atoms with Crippen molar-refractivity contribution in [2.75, 3.05) is 11.4 Å². The van der Waals surface area contributed by atoms with E-state index < -0.39 is 0 Å². The second kappa shape index (κ2) is 6.65. The molecular formula is C21H27N5O2. The summed E-state index contributed by atoms with van der Waals surface area (Å²) in [6.45, 7) is 10.2. The maximum absolute atomic E-state index is 13.2. The molecule has 2 aromatic heterocycles. The van der Waals surface area contributed by atoms with Crippen molar-refractivity contribution in [3.63, 3.8) is 0 Å². The SMILES string of the molecule is Cc1cccc(N2CC(C)Cn3c2nc2c3c(=O)n(CC(C)C)c(=O)n2C)c1. The topological polar surface area (TPSA) is 65.1 Å². The van der Waals surface area contributed by atoms with E-state index in [4.69, 9.17) is 4.98 Å². The van der Waals surface area contributed by atoms with E-state index >= 15 is 0 Å². The molecule has 0 amide bonds. The molecule has 0 radical (unpaired) electrons. The molecular weight excluding hydrogens is 354 g/mol. The fourth-order valence-electron chi connectivity index (χ4n) is 4.04. The third-order valence-electron chi connectivity index (χ3n) is 5.30. The van der Waals surface area contributed by atoms with Gasteiger partial charge in [0.15, 0.2) is 11.2 Å². The summed E-state index contributed by atoms with van der Waals surface area (Å²) in [5.74, 6) is 1.28. The molecule has 148 valence electrons. The number of rotatable bonds is 3. The van der Waals surface area contributed by atoms with Crippen molar-refractivity contribution in [2.45, 2.75) is 40.8 Å². The highest BCUT2D eigenvalue weighted by Crippen LogP contribution is 2.33. The van der Waals surface area contributed by atoms with Gasteiger partial charge in [-0.15, -0.1) is 0 Å². The molecule has 1 atom stereocenters. The Bertz CT molecular complexity index is 1170. The fourth-order valence-corrected chi connectivity index (χ4v) is 4.04.